The average molecular weight is 338 g/mol. The van der Waals surface area contributed by atoms with Gasteiger partial charge in [-0.05, 0) is 43.7 Å². The molecule has 3 saturated heterocycles. The summed E-state index contributed by atoms with van der Waals surface area (Å²) in [6.45, 7) is 8.80. The molecule has 132 valence electrons. The van der Waals surface area contributed by atoms with Crippen LogP contribution in [-0.4, -0.2) is 45.1 Å². The molecule has 0 saturated carbocycles. The summed E-state index contributed by atoms with van der Waals surface area (Å²) in [5.41, 5.74) is 2.96. The molecule has 2 aromatic heterocycles. The lowest BCUT2D eigenvalue weighted by molar-refractivity contribution is 0.0192. The van der Waals surface area contributed by atoms with Gasteiger partial charge in [-0.2, -0.15) is 5.10 Å². The number of piperidine rings is 3. The van der Waals surface area contributed by atoms with Crippen LogP contribution in [0.25, 0.3) is 10.9 Å². The third-order valence-electron chi connectivity index (χ3n) is 6.51. The SMILES string of the molecule is CC(C)Cn1nc2c3c(cncc31)C(=O)[C@H](C1CN3CCC1CC3)C2. The summed E-state index contributed by atoms with van der Waals surface area (Å²) in [4.78, 5) is 20.2. The van der Waals surface area contributed by atoms with Crippen molar-refractivity contribution < 1.29 is 4.79 Å². The first-order valence-corrected chi connectivity index (χ1v) is 9.71. The molecule has 3 aliphatic heterocycles. The van der Waals surface area contributed by atoms with E-state index >= 15 is 0 Å². The van der Waals surface area contributed by atoms with E-state index in [0.717, 1.165) is 41.7 Å². The molecule has 1 aliphatic carbocycles. The maximum absolute atomic E-state index is 13.3. The highest BCUT2D eigenvalue weighted by molar-refractivity contribution is 6.11. The number of rotatable bonds is 3. The van der Waals surface area contributed by atoms with Crippen LogP contribution in [0.5, 0.6) is 0 Å². The Kier molecular flexibility index (Phi) is 3.49. The van der Waals surface area contributed by atoms with Crippen LogP contribution in [0, 0.1) is 23.7 Å². The summed E-state index contributed by atoms with van der Waals surface area (Å²) < 4.78 is 2.07. The van der Waals surface area contributed by atoms with Gasteiger partial charge in [-0.1, -0.05) is 13.8 Å². The van der Waals surface area contributed by atoms with Crippen LogP contribution in [0.4, 0.5) is 0 Å². The van der Waals surface area contributed by atoms with Gasteiger partial charge in [0.2, 0.25) is 0 Å². The lowest BCUT2D eigenvalue weighted by Crippen LogP contribution is -2.51. The molecule has 0 amide bonds. The molecule has 2 aromatic rings. The Morgan fingerprint density at radius 1 is 1.24 bits per heavy atom. The Morgan fingerprint density at radius 3 is 2.72 bits per heavy atom. The van der Waals surface area contributed by atoms with Crippen molar-refractivity contribution in [3.05, 3.63) is 23.7 Å². The second-order valence-electron chi connectivity index (χ2n) is 8.58. The van der Waals surface area contributed by atoms with E-state index in [1.807, 2.05) is 6.20 Å². The standard InChI is InChI=1S/C20H26N4O/c1-12(2)10-24-18-9-21-8-15-19(18)17(22-24)7-14(20(15)25)16-11-23-5-3-13(16)4-6-23/h8-9,12-14,16H,3-7,10-11H2,1-2H3/t14-,16?/m0/s1. The van der Waals surface area contributed by atoms with E-state index in [1.165, 1.54) is 25.9 Å². The predicted molar refractivity (Wildman–Crippen MR) is 96.5 cm³/mol. The number of carbonyl (C=O) groups excluding carboxylic acids is 1. The molecule has 5 nitrogen and oxygen atoms in total. The van der Waals surface area contributed by atoms with Crippen LogP contribution in [0.2, 0.25) is 0 Å². The molecule has 2 atom stereocenters. The molecule has 1 unspecified atom stereocenters. The normalized spacial score (nSPS) is 31.2. The smallest absolute Gasteiger partial charge is 0.168 e. The van der Waals surface area contributed by atoms with Gasteiger partial charge in [-0.15, -0.1) is 0 Å². The fourth-order valence-corrected chi connectivity index (χ4v) is 5.33. The minimum absolute atomic E-state index is 0.0930. The summed E-state index contributed by atoms with van der Waals surface area (Å²) >= 11 is 0. The topological polar surface area (TPSA) is 51.0 Å². The van der Waals surface area contributed by atoms with Gasteiger partial charge in [-0.3, -0.25) is 14.5 Å². The molecule has 5 heterocycles. The molecule has 6 rings (SSSR count). The molecular weight excluding hydrogens is 312 g/mol. The minimum atomic E-state index is 0.0930. The summed E-state index contributed by atoms with van der Waals surface area (Å²) in [6.07, 6.45) is 6.98. The number of aromatic nitrogens is 3. The molecule has 4 aliphatic rings. The van der Waals surface area contributed by atoms with Crippen LogP contribution in [0.3, 0.4) is 0 Å². The number of pyridine rings is 1. The van der Waals surface area contributed by atoms with E-state index in [2.05, 4.69) is 28.4 Å². The first-order chi connectivity index (χ1) is 12.1. The van der Waals surface area contributed by atoms with Crippen molar-refractivity contribution in [1.29, 1.82) is 0 Å². The minimum Gasteiger partial charge on any atom is -0.303 e. The number of Topliss-reactive ketones (excluding diaryl/α,β-unsaturated/α-hetero) is 1. The summed E-state index contributed by atoms with van der Waals surface area (Å²) in [5.74, 6) is 2.14. The largest absolute Gasteiger partial charge is 0.303 e. The highest BCUT2D eigenvalue weighted by atomic mass is 16.1. The quantitative estimate of drug-likeness (QED) is 0.863. The number of ketones is 1. The summed E-state index contributed by atoms with van der Waals surface area (Å²) in [5, 5.41) is 5.98. The predicted octanol–water partition coefficient (Wildman–Crippen LogP) is 2.78. The molecule has 0 radical (unpaired) electrons. The molecule has 0 spiro atoms. The Labute approximate surface area is 148 Å². The zero-order valence-corrected chi connectivity index (χ0v) is 15.1. The first kappa shape index (κ1) is 15.5. The fraction of sp³-hybridized carbons (Fsp3) is 0.650. The Balaban J connectivity index is 1.55. The number of hydrogen-bond acceptors (Lipinski definition) is 4. The number of hydrogen-bond donors (Lipinski definition) is 0. The molecule has 3 fully saturated rings. The lowest BCUT2D eigenvalue weighted by atomic mass is 9.67. The zero-order valence-electron chi connectivity index (χ0n) is 15.1. The molecule has 5 heteroatoms. The Morgan fingerprint density at radius 2 is 2.04 bits per heavy atom. The van der Waals surface area contributed by atoms with Crippen LogP contribution >= 0.6 is 0 Å². The van der Waals surface area contributed by atoms with Crippen LogP contribution in [-0.2, 0) is 13.0 Å². The van der Waals surface area contributed by atoms with Crippen molar-refractivity contribution >= 4 is 16.7 Å². The van der Waals surface area contributed by atoms with Crippen molar-refractivity contribution in [2.75, 3.05) is 19.6 Å². The molecule has 0 N–H and O–H groups in total. The molecular formula is C20H26N4O. The van der Waals surface area contributed by atoms with E-state index in [1.54, 1.807) is 6.20 Å². The van der Waals surface area contributed by atoms with E-state index in [-0.39, 0.29) is 5.92 Å². The van der Waals surface area contributed by atoms with Crippen molar-refractivity contribution in [1.82, 2.24) is 19.7 Å². The third kappa shape index (κ3) is 2.35. The maximum Gasteiger partial charge on any atom is 0.168 e. The average Bonchev–Trinajstić information content (AvgIpc) is 2.97. The Bertz CT molecular complexity index is 832. The van der Waals surface area contributed by atoms with Crippen molar-refractivity contribution in [3.63, 3.8) is 0 Å². The number of nitrogens with zero attached hydrogens (tertiary/aromatic N) is 4. The molecule has 25 heavy (non-hydrogen) atoms. The van der Waals surface area contributed by atoms with Gasteiger partial charge in [-0.25, -0.2) is 0 Å². The third-order valence-corrected chi connectivity index (χ3v) is 6.51. The Hall–Kier alpha value is -1.75. The highest BCUT2D eigenvalue weighted by Gasteiger charge is 2.44. The lowest BCUT2D eigenvalue weighted by Gasteiger charge is -2.47. The number of carbonyl (C=O) groups is 1. The van der Waals surface area contributed by atoms with E-state index < -0.39 is 0 Å². The number of fused-ring (bicyclic) bond motifs is 3. The first-order valence-electron chi connectivity index (χ1n) is 9.71. The van der Waals surface area contributed by atoms with Crippen molar-refractivity contribution in [3.8, 4) is 0 Å². The van der Waals surface area contributed by atoms with Crippen molar-refractivity contribution in [2.24, 2.45) is 23.7 Å². The van der Waals surface area contributed by atoms with Gasteiger partial charge in [0.15, 0.2) is 5.78 Å². The van der Waals surface area contributed by atoms with Crippen LogP contribution < -0.4 is 0 Å². The van der Waals surface area contributed by atoms with Crippen molar-refractivity contribution in [2.45, 2.75) is 39.7 Å². The molecule has 0 aromatic carbocycles. The second-order valence-corrected chi connectivity index (χ2v) is 8.58. The van der Waals surface area contributed by atoms with Gasteiger partial charge in [0, 0.05) is 42.6 Å². The maximum atomic E-state index is 13.3. The van der Waals surface area contributed by atoms with Gasteiger partial charge in [0.05, 0.1) is 17.4 Å². The van der Waals surface area contributed by atoms with Gasteiger partial charge in [0.1, 0.15) is 0 Å². The van der Waals surface area contributed by atoms with Gasteiger partial charge < -0.3 is 4.90 Å². The zero-order chi connectivity index (χ0) is 17.1. The second kappa shape index (κ2) is 5.63. The van der Waals surface area contributed by atoms with E-state index in [0.29, 0.717) is 23.5 Å². The van der Waals surface area contributed by atoms with Gasteiger partial charge >= 0.3 is 0 Å². The van der Waals surface area contributed by atoms with Gasteiger partial charge in [0.25, 0.3) is 0 Å². The van der Waals surface area contributed by atoms with Crippen LogP contribution in [0.1, 0.15) is 42.7 Å². The van der Waals surface area contributed by atoms with Crippen LogP contribution in [0.15, 0.2) is 12.4 Å². The molecule has 2 bridgehead atoms. The summed E-state index contributed by atoms with van der Waals surface area (Å²) in [6, 6.07) is 0. The highest BCUT2D eigenvalue weighted by Crippen LogP contribution is 2.42. The van der Waals surface area contributed by atoms with E-state index in [4.69, 9.17) is 5.10 Å². The fourth-order valence-electron chi connectivity index (χ4n) is 5.33. The van der Waals surface area contributed by atoms with E-state index in [9.17, 15) is 4.79 Å². The summed E-state index contributed by atoms with van der Waals surface area (Å²) in [7, 11) is 0. The monoisotopic (exact) mass is 338 g/mol.